The standard InChI is InChI=1S/C10H14N6O/c1-3-4-7-12-9(15-14-7)10(17)13-8-5-6-11-16(8)2/h5-6H,3-4H2,1-2H3,(H,13,17)(H,12,14,15). The van der Waals surface area contributed by atoms with Gasteiger partial charge in [-0.1, -0.05) is 6.92 Å². The first-order valence-corrected chi connectivity index (χ1v) is 5.41. The summed E-state index contributed by atoms with van der Waals surface area (Å²) in [5, 5.41) is 13.2. The molecule has 0 atom stereocenters. The van der Waals surface area contributed by atoms with Gasteiger partial charge >= 0.3 is 0 Å². The lowest BCUT2D eigenvalue weighted by atomic mass is 10.3. The lowest BCUT2D eigenvalue weighted by Gasteiger charge is -2.01. The van der Waals surface area contributed by atoms with Crippen LogP contribution in [0.2, 0.25) is 0 Å². The summed E-state index contributed by atoms with van der Waals surface area (Å²) < 4.78 is 1.57. The van der Waals surface area contributed by atoms with E-state index < -0.39 is 0 Å². The smallest absolute Gasteiger partial charge is 0.296 e. The van der Waals surface area contributed by atoms with E-state index in [-0.39, 0.29) is 11.7 Å². The average molecular weight is 234 g/mol. The molecule has 0 aliphatic carbocycles. The third kappa shape index (κ3) is 2.49. The van der Waals surface area contributed by atoms with E-state index in [2.05, 4.69) is 25.6 Å². The van der Waals surface area contributed by atoms with Crippen LogP contribution in [0.15, 0.2) is 12.3 Å². The molecule has 7 heteroatoms. The van der Waals surface area contributed by atoms with E-state index in [1.165, 1.54) is 0 Å². The zero-order valence-corrected chi connectivity index (χ0v) is 9.77. The fourth-order valence-electron chi connectivity index (χ4n) is 1.41. The number of amides is 1. The molecule has 0 saturated carbocycles. The van der Waals surface area contributed by atoms with Crippen LogP contribution in [-0.2, 0) is 13.5 Å². The molecule has 0 spiro atoms. The SMILES string of the molecule is CCCc1nc(C(=O)Nc2ccnn2C)n[nH]1. The van der Waals surface area contributed by atoms with Gasteiger partial charge in [0.05, 0.1) is 6.20 Å². The van der Waals surface area contributed by atoms with Gasteiger partial charge in [-0.2, -0.15) is 5.10 Å². The number of nitrogens with one attached hydrogen (secondary N) is 2. The summed E-state index contributed by atoms with van der Waals surface area (Å²) in [6, 6.07) is 1.71. The molecule has 0 fully saturated rings. The van der Waals surface area contributed by atoms with Gasteiger partial charge in [0, 0.05) is 19.5 Å². The lowest BCUT2D eigenvalue weighted by Crippen LogP contribution is -2.16. The maximum Gasteiger partial charge on any atom is 0.296 e. The highest BCUT2D eigenvalue weighted by Crippen LogP contribution is 2.05. The summed E-state index contributed by atoms with van der Waals surface area (Å²) in [6.07, 6.45) is 3.35. The molecule has 0 aliphatic heterocycles. The molecule has 17 heavy (non-hydrogen) atoms. The maximum absolute atomic E-state index is 11.8. The first kappa shape index (κ1) is 11.3. The molecule has 2 aromatic rings. The van der Waals surface area contributed by atoms with Crippen molar-refractivity contribution in [2.45, 2.75) is 19.8 Å². The Bertz CT molecular complexity index is 514. The molecule has 90 valence electrons. The number of aromatic amines is 1. The fourth-order valence-corrected chi connectivity index (χ4v) is 1.41. The normalized spacial score (nSPS) is 10.5. The monoisotopic (exact) mass is 234 g/mol. The minimum atomic E-state index is -0.341. The Labute approximate surface area is 98.2 Å². The number of aryl methyl sites for hydroxylation is 2. The second kappa shape index (κ2) is 4.77. The van der Waals surface area contributed by atoms with Crippen LogP contribution in [0, 0.1) is 0 Å². The van der Waals surface area contributed by atoms with Crippen LogP contribution in [0.1, 0.15) is 29.8 Å². The first-order chi connectivity index (χ1) is 8.20. The topological polar surface area (TPSA) is 88.5 Å². The first-order valence-electron chi connectivity index (χ1n) is 5.41. The van der Waals surface area contributed by atoms with Crippen LogP contribution in [0.25, 0.3) is 0 Å². The molecule has 2 heterocycles. The largest absolute Gasteiger partial charge is 0.304 e. The van der Waals surface area contributed by atoms with Gasteiger partial charge in [0.2, 0.25) is 5.82 Å². The number of carbonyl (C=O) groups excluding carboxylic acids is 1. The van der Waals surface area contributed by atoms with Crippen molar-refractivity contribution in [2.24, 2.45) is 7.05 Å². The minimum Gasteiger partial charge on any atom is -0.304 e. The van der Waals surface area contributed by atoms with Gasteiger partial charge in [-0.3, -0.25) is 14.6 Å². The number of aromatic nitrogens is 5. The summed E-state index contributed by atoms with van der Waals surface area (Å²) in [5.41, 5.74) is 0. The van der Waals surface area contributed by atoms with E-state index in [1.807, 2.05) is 6.92 Å². The van der Waals surface area contributed by atoms with E-state index in [9.17, 15) is 4.79 Å². The van der Waals surface area contributed by atoms with E-state index in [0.29, 0.717) is 5.82 Å². The van der Waals surface area contributed by atoms with Gasteiger partial charge in [-0.25, -0.2) is 4.98 Å². The van der Waals surface area contributed by atoms with Gasteiger partial charge in [0.25, 0.3) is 5.91 Å². The zero-order chi connectivity index (χ0) is 12.3. The van der Waals surface area contributed by atoms with Gasteiger partial charge < -0.3 is 5.32 Å². The molecule has 0 bridgehead atoms. The highest BCUT2D eigenvalue weighted by atomic mass is 16.2. The second-order valence-electron chi connectivity index (χ2n) is 3.65. The Morgan fingerprint density at radius 1 is 1.59 bits per heavy atom. The zero-order valence-electron chi connectivity index (χ0n) is 9.77. The van der Waals surface area contributed by atoms with Crippen molar-refractivity contribution >= 4 is 11.7 Å². The molecular formula is C10H14N6O. The molecular weight excluding hydrogens is 220 g/mol. The predicted molar refractivity (Wildman–Crippen MR) is 61.5 cm³/mol. The Balaban J connectivity index is 2.07. The molecule has 2 rings (SSSR count). The van der Waals surface area contributed by atoms with Crippen LogP contribution in [0.5, 0.6) is 0 Å². The molecule has 0 saturated heterocycles. The molecule has 0 aromatic carbocycles. The van der Waals surface area contributed by atoms with E-state index >= 15 is 0 Å². The van der Waals surface area contributed by atoms with E-state index in [4.69, 9.17) is 0 Å². The summed E-state index contributed by atoms with van der Waals surface area (Å²) in [7, 11) is 1.75. The number of anilines is 1. The summed E-state index contributed by atoms with van der Waals surface area (Å²) in [6.45, 7) is 2.04. The van der Waals surface area contributed by atoms with Crippen molar-refractivity contribution in [3.63, 3.8) is 0 Å². The van der Waals surface area contributed by atoms with E-state index in [1.54, 1.807) is 24.0 Å². The van der Waals surface area contributed by atoms with Crippen molar-refractivity contribution in [2.75, 3.05) is 5.32 Å². The van der Waals surface area contributed by atoms with Crippen molar-refractivity contribution < 1.29 is 4.79 Å². The minimum absolute atomic E-state index is 0.148. The van der Waals surface area contributed by atoms with Crippen molar-refractivity contribution in [1.82, 2.24) is 25.0 Å². The number of nitrogens with zero attached hydrogens (tertiary/aromatic N) is 4. The molecule has 2 aromatic heterocycles. The average Bonchev–Trinajstić information content (AvgIpc) is 2.90. The number of rotatable bonds is 4. The summed E-state index contributed by atoms with van der Waals surface area (Å²) in [4.78, 5) is 15.9. The second-order valence-corrected chi connectivity index (χ2v) is 3.65. The van der Waals surface area contributed by atoms with Crippen LogP contribution in [-0.4, -0.2) is 30.9 Å². The van der Waals surface area contributed by atoms with Crippen LogP contribution >= 0.6 is 0 Å². The van der Waals surface area contributed by atoms with Crippen molar-refractivity contribution in [1.29, 1.82) is 0 Å². The lowest BCUT2D eigenvalue weighted by molar-refractivity contribution is 0.101. The predicted octanol–water partition coefficient (Wildman–Crippen LogP) is 0.743. The number of H-pyrrole nitrogens is 1. The highest BCUT2D eigenvalue weighted by Gasteiger charge is 2.13. The Morgan fingerprint density at radius 2 is 2.41 bits per heavy atom. The maximum atomic E-state index is 11.8. The fraction of sp³-hybridized carbons (Fsp3) is 0.400. The quantitative estimate of drug-likeness (QED) is 0.816. The molecule has 2 N–H and O–H groups in total. The molecule has 0 aliphatic rings. The Morgan fingerprint density at radius 3 is 3.06 bits per heavy atom. The number of carbonyl (C=O) groups is 1. The molecule has 7 nitrogen and oxygen atoms in total. The van der Waals surface area contributed by atoms with Crippen molar-refractivity contribution in [3.8, 4) is 0 Å². The van der Waals surface area contributed by atoms with Crippen LogP contribution in [0.4, 0.5) is 5.82 Å². The third-order valence-electron chi connectivity index (χ3n) is 2.28. The van der Waals surface area contributed by atoms with Gasteiger partial charge in [0.15, 0.2) is 0 Å². The number of hydrogen-bond donors (Lipinski definition) is 2. The highest BCUT2D eigenvalue weighted by molar-refractivity contribution is 6.00. The van der Waals surface area contributed by atoms with Gasteiger partial charge in [0.1, 0.15) is 11.6 Å². The molecule has 0 radical (unpaired) electrons. The van der Waals surface area contributed by atoms with Crippen LogP contribution in [0.3, 0.4) is 0 Å². The van der Waals surface area contributed by atoms with Crippen molar-refractivity contribution in [3.05, 3.63) is 23.9 Å². The van der Waals surface area contributed by atoms with Crippen LogP contribution < -0.4 is 5.32 Å². The number of hydrogen-bond acceptors (Lipinski definition) is 4. The van der Waals surface area contributed by atoms with Gasteiger partial charge in [-0.05, 0) is 6.42 Å². The summed E-state index contributed by atoms with van der Waals surface area (Å²) in [5.74, 6) is 1.14. The Hall–Kier alpha value is -2.18. The van der Waals surface area contributed by atoms with Gasteiger partial charge in [-0.15, -0.1) is 5.10 Å². The third-order valence-corrected chi connectivity index (χ3v) is 2.28. The van der Waals surface area contributed by atoms with E-state index in [0.717, 1.165) is 18.7 Å². The molecule has 0 unspecified atom stereocenters. The molecule has 1 amide bonds. The summed E-state index contributed by atoms with van der Waals surface area (Å²) >= 11 is 0. The Kier molecular flexibility index (Phi) is 3.17.